The summed E-state index contributed by atoms with van der Waals surface area (Å²) in [5.74, 6) is 2.26. The Labute approximate surface area is 185 Å². The summed E-state index contributed by atoms with van der Waals surface area (Å²) in [5, 5.41) is 0. The molecule has 4 fully saturated rings. The second-order valence-electron chi connectivity index (χ2n) is 10.1. The van der Waals surface area contributed by atoms with Gasteiger partial charge in [0, 0.05) is 38.7 Å². The molecule has 1 aromatic rings. The molecule has 1 amide bonds. The summed E-state index contributed by atoms with van der Waals surface area (Å²) in [7, 11) is 1.70. The van der Waals surface area contributed by atoms with Gasteiger partial charge in [0.1, 0.15) is 5.75 Å². The predicted molar refractivity (Wildman–Crippen MR) is 118 cm³/mol. The molecule has 0 radical (unpaired) electrons. The number of amides is 1. The Morgan fingerprint density at radius 2 is 1.97 bits per heavy atom. The van der Waals surface area contributed by atoms with Crippen LogP contribution in [0.25, 0.3) is 0 Å². The van der Waals surface area contributed by atoms with Gasteiger partial charge in [0.25, 0.3) is 0 Å². The van der Waals surface area contributed by atoms with E-state index in [1.54, 1.807) is 7.11 Å². The number of fused-ring (bicyclic) bond motifs is 1. The Hall–Kier alpha value is -1.63. The lowest BCUT2D eigenvalue weighted by molar-refractivity contribution is -0.136. The lowest BCUT2D eigenvalue weighted by atomic mass is 9.78. The van der Waals surface area contributed by atoms with E-state index in [1.807, 2.05) is 12.1 Å². The molecule has 0 saturated carbocycles. The van der Waals surface area contributed by atoms with Crippen molar-refractivity contribution in [2.45, 2.75) is 44.8 Å². The molecule has 0 aromatic heterocycles. The Morgan fingerprint density at radius 3 is 2.68 bits per heavy atom. The summed E-state index contributed by atoms with van der Waals surface area (Å²) in [6.07, 6.45) is 5.14. The number of piperidine rings is 2. The molecule has 31 heavy (non-hydrogen) atoms. The number of benzene rings is 1. The molecule has 4 heterocycles. The molecule has 0 aliphatic carbocycles. The molecule has 0 unspecified atom stereocenters. The Morgan fingerprint density at radius 1 is 1.16 bits per heavy atom. The first kappa shape index (κ1) is 21.2. The van der Waals surface area contributed by atoms with Gasteiger partial charge < -0.3 is 19.1 Å². The van der Waals surface area contributed by atoms with Crippen LogP contribution in [0.4, 0.5) is 0 Å². The summed E-state index contributed by atoms with van der Waals surface area (Å²) in [5.41, 5.74) is 1.67. The second-order valence-corrected chi connectivity index (χ2v) is 10.1. The van der Waals surface area contributed by atoms with Crippen molar-refractivity contribution >= 4 is 5.91 Å². The van der Waals surface area contributed by atoms with E-state index in [1.165, 1.54) is 5.56 Å². The first-order valence-electron chi connectivity index (χ1n) is 12.0. The molecule has 3 atom stereocenters. The van der Waals surface area contributed by atoms with E-state index in [2.05, 4.69) is 21.9 Å². The van der Waals surface area contributed by atoms with Crippen molar-refractivity contribution in [1.82, 2.24) is 9.80 Å². The zero-order chi connectivity index (χ0) is 21.3. The normalized spacial score (nSPS) is 30.5. The molecule has 1 aromatic carbocycles. The highest BCUT2D eigenvalue weighted by atomic mass is 16.5. The fourth-order valence-corrected chi connectivity index (χ4v) is 6.08. The topological polar surface area (TPSA) is 51.2 Å². The van der Waals surface area contributed by atoms with E-state index in [0.717, 1.165) is 84.0 Å². The molecule has 5 rings (SSSR count). The largest absolute Gasteiger partial charge is 0.497 e. The third-order valence-electron chi connectivity index (χ3n) is 8.18. The molecule has 4 aliphatic rings. The van der Waals surface area contributed by atoms with E-state index in [9.17, 15) is 4.79 Å². The molecule has 170 valence electrons. The minimum atomic E-state index is 0.103. The summed E-state index contributed by atoms with van der Waals surface area (Å²) in [6.45, 7) is 7.45. The molecule has 4 saturated heterocycles. The first-order valence-corrected chi connectivity index (χ1v) is 12.0. The van der Waals surface area contributed by atoms with E-state index in [4.69, 9.17) is 14.2 Å². The number of hydrogen-bond donors (Lipinski definition) is 0. The van der Waals surface area contributed by atoms with Gasteiger partial charge >= 0.3 is 0 Å². The number of carbonyl (C=O) groups excluding carboxylic acids is 1. The van der Waals surface area contributed by atoms with Gasteiger partial charge in [0.15, 0.2) is 0 Å². The summed E-state index contributed by atoms with van der Waals surface area (Å²) >= 11 is 0. The quantitative estimate of drug-likeness (QED) is 0.722. The van der Waals surface area contributed by atoms with Crippen LogP contribution in [0.5, 0.6) is 5.75 Å². The van der Waals surface area contributed by atoms with Gasteiger partial charge in [-0.3, -0.25) is 9.69 Å². The van der Waals surface area contributed by atoms with Gasteiger partial charge in [-0.05, 0) is 61.3 Å². The van der Waals surface area contributed by atoms with Gasteiger partial charge in [-0.15, -0.1) is 0 Å². The van der Waals surface area contributed by atoms with E-state index >= 15 is 0 Å². The molecule has 6 nitrogen and oxygen atoms in total. The predicted octanol–water partition coefficient (Wildman–Crippen LogP) is 2.95. The third-order valence-corrected chi connectivity index (χ3v) is 8.18. The van der Waals surface area contributed by atoms with Crippen molar-refractivity contribution in [2.24, 2.45) is 17.3 Å². The zero-order valence-electron chi connectivity index (χ0n) is 18.8. The first-order chi connectivity index (χ1) is 15.1. The summed E-state index contributed by atoms with van der Waals surface area (Å²) < 4.78 is 17.1. The van der Waals surface area contributed by atoms with E-state index in [-0.39, 0.29) is 6.10 Å². The van der Waals surface area contributed by atoms with Crippen molar-refractivity contribution in [3.63, 3.8) is 0 Å². The van der Waals surface area contributed by atoms with E-state index in [0.29, 0.717) is 29.6 Å². The maximum atomic E-state index is 13.0. The van der Waals surface area contributed by atoms with Gasteiger partial charge in [-0.25, -0.2) is 0 Å². The Bertz CT molecular complexity index is 751. The molecular formula is C25H36N2O4. The van der Waals surface area contributed by atoms with Crippen molar-refractivity contribution in [2.75, 3.05) is 53.1 Å². The average molecular weight is 429 g/mol. The number of likely N-dealkylation sites (tertiary alicyclic amines) is 2. The SMILES string of the molecule is COc1ccc(CN2CC[C@@H]3[C@@H](CO[C@H]3CC(=O)N3CCC4(CCOC4)CC3)C2)cc1. The van der Waals surface area contributed by atoms with Crippen LogP contribution in [-0.2, 0) is 20.8 Å². The highest BCUT2D eigenvalue weighted by molar-refractivity contribution is 5.77. The van der Waals surface area contributed by atoms with Crippen LogP contribution in [-0.4, -0.2) is 74.9 Å². The van der Waals surface area contributed by atoms with Gasteiger partial charge in [-0.2, -0.15) is 0 Å². The maximum absolute atomic E-state index is 13.0. The molecule has 4 aliphatic heterocycles. The standard InChI is InChI=1S/C25H36N2O4/c1-29-21-4-2-19(3-5-21)15-26-10-6-22-20(16-26)17-31-23(22)14-24(28)27-11-7-25(8-12-27)9-13-30-18-25/h2-5,20,22-23H,6-18H2,1H3/t20-,22-,23+/m1/s1. The van der Waals surface area contributed by atoms with Crippen LogP contribution in [0.3, 0.4) is 0 Å². The van der Waals surface area contributed by atoms with Crippen LogP contribution < -0.4 is 4.74 Å². The second kappa shape index (κ2) is 9.08. The Kier molecular flexibility index (Phi) is 6.22. The van der Waals surface area contributed by atoms with E-state index < -0.39 is 0 Å². The number of carbonyl (C=O) groups is 1. The van der Waals surface area contributed by atoms with Crippen molar-refractivity contribution in [3.8, 4) is 5.75 Å². The fourth-order valence-electron chi connectivity index (χ4n) is 6.08. The average Bonchev–Trinajstić information content (AvgIpc) is 3.42. The van der Waals surface area contributed by atoms with Gasteiger partial charge in [0.2, 0.25) is 5.91 Å². The lowest BCUT2D eigenvalue weighted by Crippen LogP contribution is -2.45. The lowest BCUT2D eigenvalue weighted by Gasteiger charge is -2.39. The van der Waals surface area contributed by atoms with Crippen LogP contribution in [0.15, 0.2) is 24.3 Å². The number of hydrogen-bond acceptors (Lipinski definition) is 5. The van der Waals surface area contributed by atoms with Crippen molar-refractivity contribution in [3.05, 3.63) is 29.8 Å². The maximum Gasteiger partial charge on any atom is 0.225 e. The molecule has 6 heteroatoms. The molecule has 0 bridgehead atoms. The number of nitrogens with zero attached hydrogens (tertiary/aromatic N) is 2. The highest BCUT2D eigenvalue weighted by Crippen LogP contribution is 2.40. The molecule has 0 N–H and O–H groups in total. The van der Waals surface area contributed by atoms with Crippen LogP contribution in [0, 0.1) is 17.3 Å². The van der Waals surface area contributed by atoms with Crippen LogP contribution in [0.2, 0.25) is 0 Å². The minimum Gasteiger partial charge on any atom is -0.497 e. The van der Waals surface area contributed by atoms with Gasteiger partial charge in [0.05, 0.1) is 32.8 Å². The van der Waals surface area contributed by atoms with Crippen molar-refractivity contribution in [1.29, 1.82) is 0 Å². The van der Waals surface area contributed by atoms with Crippen LogP contribution >= 0.6 is 0 Å². The third kappa shape index (κ3) is 4.62. The van der Waals surface area contributed by atoms with Crippen molar-refractivity contribution < 1.29 is 19.0 Å². The minimum absolute atomic E-state index is 0.103. The van der Waals surface area contributed by atoms with Gasteiger partial charge in [-0.1, -0.05) is 12.1 Å². The smallest absolute Gasteiger partial charge is 0.225 e. The fraction of sp³-hybridized carbons (Fsp3) is 0.720. The van der Waals surface area contributed by atoms with Crippen LogP contribution in [0.1, 0.15) is 37.7 Å². The number of ether oxygens (including phenoxy) is 3. The number of rotatable bonds is 5. The zero-order valence-corrected chi connectivity index (χ0v) is 18.8. The molecule has 1 spiro atoms. The Balaban J connectivity index is 1.10. The summed E-state index contributed by atoms with van der Waals surface area (Å²) in [4.78, 5) is 17.6. The molecular weight excluding hydrogens is 392 g/mol. The monoisotopic (exact) mass is 428 g/mol. The highest BCUT2D eigenvalue weighted by Gasteiger charge is 2.43. The summed E-state index contributed by atoms with van der Waals surface area (Å²) in [6, 6.07) is 8.37. The number of methoxy groups -OCH3 is 1.